The lowest BCUT2D eigenvalue weighted by Crippen LogP contribution is -2.46. The number of aliphatic hydroxyl groups excluding tert-OH is 2. The van der Waals surface area contributed by atoms with Crippen LogP contribution in [0.2, 0.25) is 0 Å². The van der Waals surface area contributed by atoms with Crippen molar-refractivity contribution in [3.8, 4) is 0 Å². The van der Waals surface area contributed by atoms with Gasteiger partial charge in [0.05, 0.1) is 12.2 Å². The number of methoxy groups -OCH3 is 1. The quantitative estimate of drug-likeness (QED) is 0.723. The highest BCUT2D eigenvalue weighted by molar-refractivity contribution is 5.85. The van der Waals surface area contributed by atoms with E-state index in [4.69, 9.17) is 4.74 Å². The van der Waals surface area contributed by atoms with Crippen LogP contribution in [0.15, 0.2) is 24.3 Å². The van der Waals surface area contributed by atoms with Gasteiger partial charge in [-0.1, -0.05) is 18.2 Å². The van der Waals surface area contributed by atoms with Crippen LogP contribution in [0, 0.1) is 17.8 Å². The van der Waals surface area contributed by atoms with E-state index in [0.717, 1.165) is 30.5 Å². The summed E-state index contributed by atoms with van der Waals surface area (Å²) in [5, 5.41) is 21.8. The molecular formula is C23H32N2O4. The van der Waals surface area contributed by atoms with Crippen molar-refractivity contribution in [3.05, 3.63) is 35.5 Å². The second-order valence-corrected chi connectivity index (χ2v) is 8.65. The molecule has 1 saturated carbocycles. The van der Waals surface area contributed by atoms with Crippen LogP contribution in [0.25, 0.3) is 10.9 Å². The van der Waals surface area contributed by atoms with E-state index in [1.807, 2.05) is 17.0 Å². The molecule has 1 aliphatic carbocycles. The van der Waals surface area contributed by atoms with Crippen molar-refractivity contribution < 1.29 is 19.7 Å². The Morgan fingerprint density at radius 2 is 2.10 bits per heavy atom. The minimum Gasteiger partial charge on any atom is -0.396 e. The molecule has 1 aromatic heterocycles. The zero-order chi connectivity index (χ0) is 20.5. The molecule has 2 aliphatic rings. The SMILES string of the molecule is CO[C@@H]1CC2[C@@H](CC[C@H](O)[C@@H]2CO)CN(C(C)=O)CCc2c1[nH]c1ccccc21. The van der Waals surface area contributed by atoms with Crippen molar-refractivity contribution in [1.82, 2.24) is 9.88 Å². The Morgan fingerprint density at radius 1 is 1.31 bits per heavy atom. The lowest BCUT2D eigenvalue weighted by molar-refractivity contribution is -0.131. The van der Waals surface area contributed by atoms with E-state index in [-0.39, 0.29) is 36.4 Å². The third kappa shape index (κ3) is 3.81. The first-order valence-corrected chi connectivity index (χ1v) is 10.7. The molecule has 158 valence electrons. The molecule has 0 bridgehead atoms. The zero-order valence-electron chi connectivity index (χ0n) is 17.3. The Balaban J connectivity index is 1.80. The Morgan fingerprint density at radius 3 is 2.83 bits per heavy atom. The fraction of sp³-hybridized carbons (Fsp3) is 0.609. The molecule has 1 aromatic carbocycles. The molecule has 0 spiro atoms. The highest BCUT2D eigenvalue weighted by atomic mass is 16.5. The first-order chi connectivity index (χ1) is 14.0. The van der Waals surface area contributed by atoms with Crippen molar-refractivity contribution in [2.45, 2.75) is 44.8 Å². The van der Waals surface area contributed by atoms with E-state index in [2.05, 4.69) is 17.1 Å². The summed E-state index contributed by atoms with van der Waals surface area (Å²) in [6, 6.07) is 8.24. The number of amides is 1. The number of hydrogen-bond acceptors (Lipinski definition) is 4. The number of rotatable bonds is 2. The molecule has 5 atom stereocenters. The number of aromatic amines is 1. The van der Waals surface area contributed by atoms with E-state index >= 15 is 0 Å². The average Bonchev–Trinajstić information content (AvgIpc) is 3.08. The number of aliphatic hydroxyl groups is 2. The van der Waals surface area contributed by atoms with Crippen LogP contribution >= 0.6 is 0 Å². The van der Waals surface area contributed by atoms with Gasteiger partial charge in [0.2, 0.25) is 5.91 Å². The van der Waals surface area contributed by atoms with Gasteiger partial charge in [-0.05, 0) is 49.1 Å². The van der Waals surface area contributed by atoms with Gasteiger partial charge in [0.15, 0.2) is 0 Å². The van der Waals surface area contributed by atoms with Gasteiger partial charge < -0.3 is 24.8 Å². The van der Waals surface area contributed by atoms with Crippen molar-refractivity contribution in [2.24, 2.45) is 17.8 Å². The molecule has 0 saturated heterocycles. The average molecular weight is 401 g/mol. The van der Waals surface area contributed by atoms with E-state index < -0.39 is 6.10 Å². The van der Waals surface area contributed by atoms with Crippen LogP contribution in [0.3, 0.4) is 0 Å². The Hall–Kier alpha value is -1.89. The predicted molar refractivity (Wildman–Crippen MR) is 111 cm³/mol. The van der Waals surface area contributed by atoms with Gasteiger partial charge in [0.1, 0.15) is 0 Å². The third-order valence-electron chi connectivity index (χ3n) is 7.17. The van der Waals surface area contributed by atoms with Crippen molar-refractivity contribution in [2.75, 3.05) is 26.8 Å². The molecular weight excluding hydrogens is 368 g/mol. The van der Waals surface area contributed by atoms with Gasteiger partial charge in [0, 0.05) is 56.2 Å². The van der Waals surface area contributed by atoms with Gasteiger partial charge in [0.25, 0.3) is 0 Å². The molecule has 2 heterocycles. The zero-order valence-corrected chi connectivity index (χ0v) is 17.3. The fourth-order valence-corrected chi connectivity index (χ4v) is 5.55. The summed E-state index contributed by atoms with van der Waals surface area (Å²) in [6.45, 7) is 2.93. The number of ether oxygens (including phenoxy) is 1. The molecule has 2 aromatic rings. The van der Waals surface area contributed by atoms with Gasteiger partial charge in [-0.3, -0.25) is 4.79 Å². The molecule has 1 fully saturated rings. The van der Waals surface area contributed by atoms with Gasteiger partial charge >= 0.3 is 0 Å². The summed E-state index contributed by atoms with van der Waals surface area (Å²) in [5.74, 6) is 0.240. The molecule has 29 heavy (non-hydrogen) atoms. The number of benzene rings is 1. The maximum Gasteiger partial charge on any atom is 0.219 e. The normalized spacial score (nSPS) is 30.6. The Bertz CT molecular complexity index is 864. The van der Waals surface area contributed by atoms with Crippen LogP contribution < -0.4 is 0 Å². The number of para-hydroxylation sites is 1. The van der Waals surface area contributed by atoms with Crippen molar-refractivity contribution in [1.29, 1.82) is 0 Å². The predicted octanol–water partition coefficient (Wildman–Crippen LogP) is 2.65. The number of nitrogens with one attached hydrogen (secondary N) is 1. The number of aromatic nitrogens is 1. The van der Waals surface area contributed by atoms with Crippen LogP contribution in [0.5, 0.6) is 0 Å². The maximum atomic E-state index is 12.4. The molecule has 1 unspecified atom stereocenters. The minimum atomic E-state index is -0.505. The topological polar surface area (TPSA) is 85.8 Å². The number of nitrogens with zero attached hydrogens (tertiary/aromatic N) is 1. The summed E-state index contributed by atoms with van der Waals surface area (Å²) >= 11 is 0. The van der Waals surface area contributed by atoms with Crippen molar-refractivity contribution >= 4 is 16.8 Å². The lowest BCUT2D eigenvalue weighted by Gasteiger charge is -2.44. The molecule has 0 radical (unpaired) electrons. The highest BCUT2D eigenvalue weighted by Crippen LogP contribution is 2.43. The Labute approximate surface area is 171 Å². The van der Waals surface area contributed by atoms with Gasteiger partial charge in [-0.15, -0.1) is 0 Å². The van der Waals surface area contributed by atoms with Gasteiger partial charge in [-0.2, -0.15) is 0 Å². The van der Waals surface area contributed by atoms with Crippen LogP contribution in [0.4, 0.5) is 0 Å². The summed E-state index contributed by atoms with van der Waals surface area (Å²) in [7, 11) is 1.73. The number of carbonyl (C=O) groups excluding carboxylic acids is 1. The van der Waals surface area contributed by atoms with Crippen molar-refractivity contribution in [3.63, 3.8) is 0 Å². The first-order valence-electron chi connectivity index (χ1n) is 10.7. The largest absolute Gasteiger partial charge is 0.396 e. The maximum absolute atomic E-state index is 12.4. The number of fused-ring (bicyclic) bond motifs is 4. The molecule has 1 aliphatic heterocycles. The van der Waals surface area contributed by atoms with E-state index in [1.165, 1.54) is 10.9 Å². The molecule has 3 N–H and O–H groups in total. The molecule has 6 heteroatoms. The van der Waals surface area contributed by atoms with E-state index in [1.54, 1.807) is 14.0 Å². The second kappa shape index (κ2) is 8.46. The summed E-state index contributed by atoms with van der Waals surface area (Å²) < 4.78 is 5.96. The number of carbonyl (C=O) groups is 1. The van der Waals surface area contributed by atoms with E-state index in [9.17, 15) is 15.0 Å². The fourth-order valence-electron chi connectivity index (χ4n) is 5.55. The van der Waals surface area contributed by atoms with Crippen LogP contribution in [-0.2, 0) is 16.0 Å². The standard InChI is InChI=1S/C23H32N2O4/c1-14(27)25-10-9-17-16-5-3-4-6-20(16)24-23(17)22(29-2)11-18-15(12-25)7-8-21(28)19(18)13-26/h3-6,15,18-19,21-22,24,26,28H,7-13H2,1-2H3/t15-,18?,19+,21-,22+/m0/s1. The second-order valence-electron chi connectivity index (χ2n) is 8.65. The third-order valence-corrected chi connectivity index (χ3v) is 7.17. The molecule has 1 amide bonds. The van der Waals surface area contributed by atoms with Gasteiger partial charge in [-0.25, -0.2) is 0 Å². The summed E-state index contributed by atoms with van der Waals surface area (Å²) in [4.78, 5) is 17.9. The molecule has 4 rings (SSSR count). The van der Waals surface area contributed by atoms with E-state index in [0.29, 0.717) is 19.5 Å². The Kier molecular flexibility index (Phi) is 5.95. The monoisotopic (exact) mass is 400 g/mol. The van der Waals surface area contributed by atoms with Crippen LogP contribution in [0.1, 0.15) is 43.5 Å². The first kappa shape index (κ1) is 20.4. The smallest absolute Gasteiger partial charge is 0.219 e. The highest BCUT2D eigenvalue weighted by Gasteiger charge is 2.41. The lowest BCUT2D eigenvalue weighted by atomic mass is 9.68. The number of hydrogen-bond donors (Lipinski definition) is 3. The molecule has 6 nitrogen and oxygen atoms in total. The number of H-pyrrole nitrogens is 1. The summed E-state index contributed by atoms with van der Waals surface area (Å²) in [5.41, 5.74) is 3.34. The summed E-state index contributed by atoms with van der Waals surface area (Å²) in [6.07, 6.45) is 2.40. The minimum absolute atomic E-state index is 0.0433. The van der Waals surface area contributed by atoms with Crippen LogP contribution in [-0.4, -0.2) is 58.9 Å².